The van der Waals surface area contributed by atoms with Gasteiger partial charge in [0.15, 0.2) is 12.7 Å². The lowest BCUT2D eigenvalue weighted by atomic mass is 9.93. The zero-order chi connectivity index (χ0) is 14.2. The molecule has 114 valence electrons. The number of hydrogen-bond acceptors (Lipinski definition) is 1. The monoisotopic (exact) mass is 356 g/mol. The molecule has 0 aliphatic carbocycles. The maximum Gasteiger partial charge on any atom is 0.208 e. The molecule has 0 radical (unpaired) electrons. The van der Waals surface area contributed by atoms with E-state index in [0.29, 0.717) is 0 Å². The van der Waals surface area contributed by atoms with Gasteiger partial charge in [0.05, 0.1) is 0 Å². The fraction of sp³-hybridized carbons (Fsp3) is 0.316. The molecule has 0 saturated carbocycles. The van der Waals surface area contributed by atoms with Crippen LogP contribution in [0.1, 0.15) is 36.6 Å². The number of nitrogens with one attached hydrogen (secondary N) is 1. The van der Waals surface area contributed by atoms with E-state index in [9.17, 15) is 0 Å². The first-order chi connectivity index (χ1) is 10.4. The first-order valence-electron chi connectivity index (χ1n) is 7.95. The summed E-state index contributed by atoms with van der Waals surface area (Å²) in [5.41, 5.74) is 8.64. The van der Waals surface area contributed by atoms with Gasteiger partial charge in [0.1, 0.15) is 0 Å². The van der Waals surface area contributed by atoms with Crippen LogP contribution in [0, 0.1) is 0 Å². The lowest BCUT2D eigenvalue weighted by Crippen LogP contribution is -3.00. The second kappa shape index (κ2) is 6.25. The highest BCUT2D eigenvalue weighted by atomic mass is 79.9. The zero-order valence-corrected chi connectivity index (χ0v) is 14.5. The molecule has 0 fully saturated rings. The Labute approximate surface area is 142 Å². The van der Waals surface area contributed by atoms with E-state index in [0.717, 1.165) is 32.4 Å². The first kappa shape index (κ1) is 15.3. The SMILES string of the molecule is CCC(=C1CC[n+]2ccccc21)c1ccc2c(c1)CCN2.[Br-]. The van der Waals surface area contributed by atoms with Gasteiger partial charge in [0.2, 0.25) is 5.69 Å². The normalized spacial score (nSPS) is 17.3. The van der Waals surface area contributed by atoms with Gasteiger partial charge < -0.3 is 22.3 Å². The number of pyridine rings is 1. The lowest BCUT2D eigenvalue weighted by Gasteiger charge is -2.10. The summed E-state index contributed by atoms with van der Waals surface area (Å²) in [6.07, 6.45) is 5.60. The highest BCUT2D eigenvalue weighted by Gasteiger charge is 2.26. The van der Waals surface area contributed by atoms with Gasteiger partial charge in [0, 0.05) is 36.4 Å². The minimum Gasteiger partial charge on any atom is -1.00 e. The first-order valence-corrected chi connectivity index (χ1v) is 7.95. The number of allylic oxidation sites excluding steroid dienone is 2. The summed E-state index contributed by atoms with van der Waals surface area (Å²) in [5.74, 6) is 0. The molecule has 3 heterocycles. The van der Waals surface area contributed by atoms with Crippen LogP contribution < -0.4 is 26.9 Å². The minimum atomic E-state index is 0. The molecular weight excluding hydrogens is 336 g/mol. The van der Waals surface area contributed by atoms with E-state index >= 15 is 0 Å². The molecule has 2 aromatic rings. The number of anilines is 1. The number of rotatable bonds is 2. The molecule has 1 aromatic heterocycles. The number of halogens is 1. The maximum absolute atomic E-state index is 3.45. The Morgan fingerprint density at radius 3 is 2.95 bits per heavy atom. The second-order valence-corrected chi connectivity index (χ2v) is 5.89. The lowest BCUT2D eigenvalue weighted by molar-refractivity contribution is -0.689. The van der Waals surface area contributed by atoms with Crippen molar-refractivity contribution in [3.8, 4) is 0 Å². The minimum absolute atomic E-state index is 0. The van der Waals surface area contributed by atoms with Crippen LogP contribution >= 0.6 is 0 Å². The Balaban J connectivity index is 0.00000144. The average Bonchev–Trinajstić information content (AvgIpc) is 3.15. The fourth-order valence-electron chi connectivity index (χ4n) is 3.70. The van der Waals surface area contributed by atoms with Crippen LogP contribution in [0.15, 0.2) is 42.6 Å². The van der Waals surface area contributed by atoms with Gasteiger partial charge in [-0.25, -0.2) is 0 Å². The number of benzene rings is 1. The van der Waals surface area contributed by atoms with Crippen LogP contribution in [0.5, 0.6) is 0 Å². The van der Waals surface area contributed by atoms with Crippen molar-refractivity contribution in [2.45, 2.75) is 32.7 Å². The Bertz CT molecular complexity index is 734. The van der Waals surface area contributed by atoms with Gasteiger partial charge in [-0.2, -0.15) is 4.57 Å². The van der Waals surface area contributed by atoms with Crippen LogP contribution in [0.4, 0.5) is 5.69 Å². The van der Waals surface area contributed by atoms with Gasteiger partial charge in [0.25, 0.3) is 0 Å². The molecule has 0 spiro atoms. The molecule has 0 saturated heterocycles. The number of nitrogens with zero attached hydrogens (tertiary/aromatic N) is 1. The predicted octanol–water partition coefficient (Wildman–Crippen LogP) is 0.671. The molecule has 1 N–H and O–H groups in total. The van der Waals surface area contributed by atoms with Crippen molar-refractivity contribution in [3.63, 3.8) is 0 Å². The molecular formula is C19H21BrN2. The summed E-state index contributed by atoms with van der Waals surface area (Å²) in [5, 5.41) is 3.45. The third-order valence-corrected chi connectivity index (χ3v) is 4.73. The maximum atomic E-state index is 3.45. The molecule has 0 unspecified atom stereocenters. The van der Waals surface area contributed by atoms with Crippen LogP contribution in [0.2, 0.25) is 0 Å². The smallest absolute Gasteiger partial charge is 0.208 e. The molecule has 0 bridgehead atoms. The Hall–Kier alpha value is -1.61. The highest BCUT2D eigenvalue weighted by molar-refractivity contribution is 5.90. The summed E-state index contributed by atoms with van der Waals surface area (Å²) >= 11 is 0. The number of hydrogen-bond donors (Lipinski definition) is 1. The average molecular weight is 357 g/mol. The third kappa shape index (κ3) is 2.48. The van der Waals surface area contributed by atoms with E-state index in [4.69, 9.17) is 0 Å². The number of aromatic nitrogens is 1. The van der Waals surface area contributed by atoms with Gasteiger partial charge in [-0.15, -0.1) is 0 Å². The van der Waals surface area contributed by atoms with Crippen molar-refractivity contribution in [2.75, 3.05) is 11.9 Å². The predicted molar refractivity (Wildman–Crippen MR) is 87.0 cm³/mol. The van der Waals surface area contributed by atoms with E-state index in [-0.39, 0.29) is 17.0 Å². The van der Waals surface area contributed by atoms with Crippen molar-refractivity contribution < 1.29 is 21.5 Å². The Morgan fingerprint density at radius 1 is 1.18 bits per heavy atom. The van der Waals surface area contributed by atoms with E-state index in [1.807, 2.05) is 0 Å². The van der Waals surface area contributed by atoms with Crippen LogP contribution in [0.3, 0.4) is 0 Å². The van der Waals surface area contributed by atoms with Gasteiger partial charge in [-0.05, 0) is 47.7 Å². The topological polar surface area (TPSA) is 15.9 Å². The summed E-state index contributed by atoms with van der Waals surface area (Å²) < 4.78 is 2.37. The summed E-state index contributed by atoms with van der Waals surface area (Å²) in [6.45, 7) is 4.47. The van der Waals surface area contributed by atoms with Crippen LogP contribution in [-0.4, -0.2) is 6.54 Å². The molecule has 0 amide bonds. The molecule has 2 aliphatic heterocycles. The van der Waals surface area contributed by atoms with Crippen LogP contribution in [0.25, 0.3) is 11.1 Å². The molecule has 22 heavy (non-hydrogen) atoms. The van der Waals surface area contributed by atoms with Crippen molar-refractivity contribution in [2.24, 2.45) is 0 Å². The van der Waals surface area contributed by atoms with Gasteiger partial charge in [-0.1, -0.05) is 13.0 Å². The molecule has 4 rings (SSSR count). The van der Waals surface area contributed by atoms with Gasteiger partial charge in [-0.3, -0.25) is 0 Å². The standard InChI is InChI=1S/C19H20N2.BrH/c1-2-16(14-6-7-18-15(13-14)8-10-20-18)17-9-12-21-11-4-3-5-19(17)21;/h3-7,11,13H,2,8-10,12H2,1H3;1H. The van der Waals surface area contributed by atoms with Crippen molar-refractivity contribution in [3.05, 3.63) is 59.4 Å². The van der Waals surface area contributed by atoms with Crippen molar-refractivity contribution in [1.82, 2.24) is 0 Å². The zero-order valence-electron chi connectivity index (χ0n) is 12.9. The largest absolute Gasteiger partial charge is 1.00 e. The quantitative estimate of drug-likeness (QED) is 0.782. The van der Waals surface area contributed by atoms with Crippen molar-refractivity contribution >= 4 is 16.8 Å². The molecule has 2 aliphatic rings. The number of aryl methyl sites for hydroxylation is 1. The second-order valence-electron chi connectivity index (χ2n) is 5.89. The summed E-state index contributed by atoms with van der Waals surface area (Å²) in [7, 11) is 0. The highest BCUT2D eigenvalue weighted by Crippen LogP contribution is 2.35. The van der Waals surface area contributed by atoms with Crippen LogP contribution in [-0.2, 0) is 13.0 Å². The van der Waals surface area contributed by atoms with E-state index in [1.54, 1.807) is 0 Å². The van der Waals surface area contributed by atoms with Gasteiger partial charge >= 0.3 is 0 Å². The van der Waals surface area contributed by atoms with E-state index in [1.165, 1.54) is 33.7 Å². The number of fused-ring (bicyclic) bond motifs is 2. The molecule has 3 heteroatoms. The van der Waals surface area contributed by atoms with E-state index in [2.05, 4.69) is 59.4 Å². The molecule has 0 atom stereocenters. The fourth-order valence-corrected chi connectivity index (χ4v) is 3.70. The van der Waals surface area contributed by atoms with E-state index < -0.39 is 0 Å². The summed E-state index contributed by atoms with van der Waals surface area (Å²) in [6, 6.07) is 13.5. The van der Waals surface area contributed by atoms with Crippen molar-refractivity contribution in [1.29, 1.82) is 0 Å². The Kier molecular flexibility index (Phi) is 4.34. The summed E-state index contributed by atoms with van der Waals surface area (Å²) in [4.78, 5) is 0. The molecule has 2 nitrogen and oxygen atoms in total. The Morgan fingerprint density at radius 2 is 2.09 bits per heavy atom. The molecule has 1 aromatic carbocycles. The third-order valence-electron chi connectivity index (χ3n) is 4.73.